The first-order valence-electron chi connectivity index (χ1n) is 10.0. The molecule has 0 saturated heterocycles. The van der Waals surface area contributed by atoms with E-state index in [1.165, 1.54) is 0 Å². The summed E-state index contributed by atoms with van der Waals surface area (Å²) in [5.74, 6) is 0.589. The fourth-order valence-electron chi connectivity index (χ4n) is 4.02. The molecule has 5 nitrogen and oxygen atoms in total. The van der Waals surface area contributed by atoms with Gasteiger partial charge in [0.1, 0.15) is 11.3 Å². The lowest BCUT2D eigenvalue weighted by atomic mass is 9.90. The molecule has 0 saturated carbocycles. The molecule has 1 aromatic heterocycles. The Morgan fingerprint density at radius 3 is 2.26 bits per heavy atom. The SMILES string of the molecule is Cc1c(Cl)c(C)c(-c2noc3c2-c2ccccc2N(C(=O)OC(C)(C)C)C3)c(C)c1Cl. The molecule has 1 amide bonds. The van der Waals surface area contributed by atoms with Gasteiger partial charge in [-0.25, -0.2) is 4.79 Å². The van der Waals surface area contributed by atoms with Crippen molar-refractivity contribution in [1.82, 2.24) is 5.16 Å². The Morgan fingerprint density at radius 2 is 1.65 bits per heavy atom. The second-order valence-corrected chi connectivity index (χ2v) is 9.55. The molecule has 3 aromatic rings. The summed E-state index contributed by atoms with van der Waals surface area (Å²) in [4.78, 5) is 14.5. The number of carbonyl (C=O) groups excluding carboxylic acids is 1. The van der Waals surface area contributed by atoms with Crippen LogP contribution in [0, 0.1) is 20.8 Å². The Bertz CT molecular complexity index is 1180. The third kappa shape index (κ3) is 3.60. The van der Waals surface area contributed by atoms with Gasteiger partial charge >= 0.3 is 6.09 Å². The highest BCUT2D eigenvalue weighted by molar-refractivity contribution is 6.37. The molecular weight excluding hydrogens is 435 g/mol. The lowest BCUT2D eigenvalue weighted by molar-refractivity contribution is 0.0574. The molecule has 0 fully saturated rings. The summed E-state index contributed by atoms with van der Waals surface area (Å²) < 4.78 is 11.4. The summed E-state index contributed by atoms with van der Waals surface area (Å²) in [7, 11) is 0. The maximum Gasteiger partial charge on any atom is 0.415 e. The Labute approximate surface area is 191 Å². The molecule has 1 aliphatic rings. The summed E-state index contributed by atoms with van der Waals surface area (Å²) in [5.41, 5.74) is 5.98. The van der Waals surface area contributed by atoms with Crippen molar-refractivity contribution in [2.45, 2.75) is 53.7 Å². The molecule has 0 atom stereocenters. The first-order valence-corrected chi connectivity index (χ1v) is 10.8. The normalized spacial score (nSPS) is 13.1. The van der Waals surface area contributed by atoms with Crippen LogP contribution in [-0.4, -0.2) is 16.9 Å². The van der Waals surface area contributed by atoms with Gasteiger partial charge in [-0.05, 0) is 64.3 Å². The monoisotopic (exact) mass is 458 g/mol. The Balaban J connectivity index is 1.90. The number of nitrogens with zero attached hydrogens (tertiary/aromatic N) is 2. The quantitative estimate of drug-likeness (QED) is 0.378. The predicted molar refractivity (Wildman–Crippen MR) is 124 cm³/mol. The number of carbonyl (C=O) groups is 1. The second-order valence-electron chi connectivity index (χ2n) is 8.79. The topological polar surface area (TPSA) is 55.6 Å². The number of para-hydroxylation sites is 1. The van der Waals surface area contributed by atoms with E-state index in [0.717, 1.165) is 39.1 Å². The van der Waals surface area contributed by atoms with Crippen LogP contribution in [0.2, 0.25) is 10.0 Å². The lowest BCUT2D eigenvalue weighted by Gasteiger charge is -2.31. The lowest BCUT2D eigenvalue weighted by Crippen LogP contribution is -2.38. The molecule has 1 aliphatic heterocycles. The van der Waals surface area contributed by atoms with E-state index in [2.05, 4.69) is 5.16 Å². The van der Waals surface area contributed by atoms with Gasteiger partial charge in [-0.3, -0.25) is 4.90 Å². The van der Waals surface area contributed by atoms with Crippen LogP contribution in [-0.2, 0) is 11.3 Å². The Kier molecular flexibility index (Phi) is 5.31. The van der Waals surface area contributed by atoms with Crippen LogP contribution < -0.4 is 4.90 Å². The van der Waals surface area contributed by atoms with Gasteiger partial charge < -0.3 is 9.26 Å². The molecular formula is C24H24Cl2N2O3. The van der Waals surface area contributed by atoms with Crippen molar-refractivity contribution in [3.8, 4) is 22.4 Å². The van der Waals surface area contributed by atoms with Crippen molar-refractivity contribution in [1.29, 1.82) is 0 Å². The number of amides is 1. The van der Waals surface area contributed by atoms with Gasteiger partial charge in [-0.15, -0.1) is 0 Å². The molecule has 0 radical (unpaired) electrons. The van der Waals surface area contributed by atoms with Gasteiger partial charge in [0.25, 0.3) is 0 Å². The van der Waals surface area contributed by atoms with E-state index in [1.54, 1.807) is 4.90 Å². The Hall–Kier alpha value is -2.50. The molecule has 0 N–H and O–H groups in total. The minimum Gasteiger partial charge on any atom is -0.443 e. The molecule has 0 spiro atoms. The third-order valence-corrected chi connectivity index (χ3v) is 6.58. The van der Waals surface area contributed by atoms with Gasteiger partial charge in [0, 0.05) is 21.2 Å². The third-order valence-electron chi connectivity index (χ3n) is 5.45. The van der Waals surface area contributed by atoms with E-state index in [-0.39, 0.29) is 6.54 Å². The number of ether oxygens (including phenoxy) is 1. The summed E-state index contributed by atoms with van der Waals surface area (Å²) in [5, 5.41) is 5.62. The average molecular weight is 459 g/mol. The fourth-order valence-corrected chi connectivity index (χ4v) is 4.45. The van der Waals surface area contributed by atoms with Crippen molar-refractivity contribution >= 4 is 35.0 Å². The summed E-state index contributed by atoms with van der Waals surface area (Å²) in [6, 6.07) is 7.67. The van der Waals surface area contributed by atoms with E-state index >= 15 is 0 Å². The maximum absolute atomic E-state index is 12.9. The molecule has 31 heavy (non-hydrogen) atoms. The first-order chi connectivity index (χ1) is 14.5. The van der Waals surface area contributed by atoms with E-state index in [4.69, 9.17) is 32.5 Å². The van der Waals surface area contributed by atoms with Gasteiger partial charge in [0.15, 0.2) is 5.76 Å². The standard InChI is InChI=1S/C24H24Cl2N2O3/c1-12-18(13(2)21(26)14(3)20(12)25)22-19-15-9-7-8-10-16(15)28(11-17(19)31-27-22)23(29)30-24(4,5)6/h7-10H,11H2,1-6H3. The largest absolute Gasteiger partial charge is 0.443 e. The van der Waals surface area contributed by atoms with Crippen molar-refractivity contribution in [2.75, 3.05) is 4.90 Å². The van der Waals surface area contributed by atoms with Gasteiger partial charge in [-0.2, -0.15) is 0 Å². The van der Waals surface area contributed by atoms with E-state index in [0.29, 0.717) is 21.5 Å². The second kappa shape index (κ2) is 7.57. The summed E-state index contributed by atoms with van der Waals surface area (Å²) >= 11 is 13.1. The average Bonchev–Trinajstić information content (AvgIpc) is 3.13. The minimum atomic E-state index is -0.609. The predicted octanol–water partition coefficient (Wildman–Crippen LogP) is 7.50. The van der Waals surface area contributed by atoms with Gasteiger partial charge in [-0.1, -0.05) is 46.6 Å². The van der Waals surface area contributed by atoms with Gasteiger partial charge in [0.2, 0.25) is 0 Å². The van der Waals surface area contributed by atoms with Crippen molar-refractivity contribution in [3.05, 3.63) is 56.8 Å². The fraction of sp³-hybridized carbons (Fsp3) is 0.333. The number of aromatic nitrogens is 1. The van der Waals surface area contributed by atoms with Gasteiger partial charge in [0.05, 0.1) is 17.8 Å². The first kappa shape index (κ1) is 21.7. The molecule has 7 heteroatoms. The summed E-state index contributed by atoms with van der Waals surface area (Å²) in [6.45, 7) is 11.6. The number of fused-ring (bicyclic) bond motifs is 3. The highest BCUT2D eigenvalue weighted by Gasteiger charge is 2.35. The van der Waals surface area contributed by atoms with Crippen LogP contribution in [0.3, 0.4) is 0 Å². The molecule has 0 aliphatic carbocycles. The zero-order valence-corrected chi connectivity index (χ0v) is 19.9. The Morgan fingerprint density at radius 1 is 1.03 bits per heavy atom. The number of rotatable bonds is 1. The van der Waals surface area contributed by atoms with Crippen LogP contribution >= 0.6 is 23.2 Å². The van der Waals surface area contributed by atoms with Crippen LogP contribution in [0.1, 0.15) is 43.2 Å². The number of benzene rings is 2. The zero-order valence-electron chi connectivity index (χ0n) is 18.4. The van der Waals surface area contributed by atoms with Crippen LogP contribution in [0.25, 0.3) is 22.4 Å². The summed E-state index contributed by atoms with van der Waals surface area (Å²) in [6.07, 6.45) is -0.433. The zero-order chi connectivity index (χ0) is 22.7. The molecule has 0 unspecified atom stereocenters. The highest BCUT2D eigenvalue weighted by Crippen LogP contribution is 2.48. The van der Waals surface area contributed by atoms with Crippen LogP contribution in [0.4, 0.5) is 10.5 Å². The number of halogens is 2. The number of hydrogen-bond donors (Lipinski definition) is 0. The molecule has 0 bridgehead atoms. The molecule has 2 aromatic carbocycles. The molecule has 4 rings (SSSR count). The van der Waals surface area contributed by atoms with Crippen molar-refractivity contribution in [3.63, 3.8) is 0 Å². The van der Waals surface area contributed by atoms with Crippen molar-refractivity contribution in [2.24, 2.45) is 0 Å². The smallest absolute Gasteiger partial charge is 0.415 e. The number of hydrogen-bond acceptors (Lipinski definition) is 4. The van der Waals surface area contributed by atoms with E-state index in [9.17, 15) is 4.79 Å². The maximum atomic E-state index is 12.9. The highest BCUT2D eigenvalue weighted by atomic mass is 35.5. The minimum absolute atomic E-state index is 0.222. The molecule has 162 valence electrons. The van der Waals surface area contributed by atoms with E-state index < -0.39 is 11.7 Å². The van der Waals surface area contributed by atoms with Crippen LogP contribution in [0.15, 0.2) is 28.8 Å². The van der Waals surface area contributed by atoms with E-state index in [1.807, 2.05) is 65.8 Å². The molecule has 2 heterocycles. The van der Waals surface area contributed by atoms with Crippen molar-refractivity contribution < 1.29 is 14.1 Å². The van der Waals surface area contributed by atoms with Crippen LogP contribution in [0.5, 0.6) is 0 Å². The number of anilines is 1.